The maximum atomic E-state index is 13.0. The van der Waals surface area contributed by atoms with Crippen LogP contribution in [0.4, 0.5) is 4.79 Å². The number of aliphatic hydroxyl groups excluding tert-OH is 3. The fourth-order valence-corrected chi connectivity index (χ4v) is 5.25. The van der Waals surface area contributed by atoms with Gasteiger partial charge in [-0.2, -0.15) is 0 Å². The first-order valence-electron chi connectivity index (χ1n) is 18.6. The molecule has 1 saturated heterocycles. The van der Waals surface area contributed by atoms with Gasteiger partial charge in [0.2, 0.25) is 23.6 Å². The number of rotatable bonds is 21. The average Bonchev–Trinajstić information content (AvgIpc) is 3.07. The molecule has 0 aromatic carbocycles. The molecule has 318 valence electrons. The Morgan fingerprint density at radius 3 is 1.89 bits per heavy atom. The maximum Gasteiger partial charge on any atom is 0.408 e. The van der Waals surface area contributed by atoms with Crippen LogP contribution >= 0.6 is 0 Å². The van der Waals surface area contributed by atoms with Gasteiger partial charge >= 0.3 is 12.1 Å². The molecule has 8 N–H and O–H groups in total. The van der Waals surface area contributed by atoms with Crippen molar-refractivity contribution < 1.29 is 67.8 Å². The van der Waals surface area contributed by atoms with E-state index in [9.17, 15) is 44.1 Å². The van der Waals surface area contributed by atoms with E-state index in [1.165, 1.54) is 14.0 Å². The summed E-state index contributed by atoms with van der Waals surface area (Å²) in [5.41, 5.74) is -0.762. The highest BCUT2D eigenvalue weighted by atomic mass is 16.7. The standard InChI is InChI=1S/C36H65N5O14/c1-18(2)16-22(33(49)51-11)39-32(48)26(20(5)6)40-24(42)12-14-52-17-23-27(43)28(44)29(45)34(54-23)53-15-13-37-31(47)25(19(3)4)41-30(46)21(7)38-35(50)55-36(8,9)10/h18-23,25-29,34,43-45H,12-17H2,1-11H3,(H,37,47)(H,38,50)(H,39,48)(H,40,42)(H,41,46)/t21-,22-,23+,25-,26-,27+,28-,29+,34+/m0/s1. The van der Waals surface area contributed by atoms with Gasteiger partial charge in [0, 0.05) is 13.0 Å². The molecule has 0 spiro atoms. The molecule has 55 heavy (non-hydrogen) atoms. The lowest BCUT2D eigenvalue weighted by molar-refractivity contribution is -0.302. The van der Waals surface area contributed by atoms with Crippen molar-refractivity contribution in [3.63, 3.8) is 0 Å². The first-order valence-corrected chi connectivity index (χ1v) is 18.6. The lowest BCUT2D eigenvalue weighted by atomic mass is 9.99. The molecule has 0 aromatic heterocycles. The van der Waals surface area contributed by atoms with E-state index in [1.54, 1.807) is 48.5 Å². The molecule has 1 aliphatic heterocycles. The predicted molar refractivity (Wildman–Crippen MR) is 197 cm³/mol. The summed E-state index contributed by atoms with van der Waals surface area (Å²) in [6.45, 7) is 16.5. The van der Waals surface area contributed by atoms with Crippen LogP contribution < -0.4 is 26.6 Å². The Morgan fingerprint density at radius 1 is 0.745 bits per heavy atom. The maximum absolute atomic E-state index is 13.0. The molecule has 0 radical (unpaired) electrons. The summed E-state index contributed by atoms with van der Waals surface area (Å²) in [5.74, 6) is -3.33. The van der Waals surface area contributed by atoms with E-state index in [0.717, 1.165) is 0 Å². The number of hydrogen-bond donors (Lipinski definition) is 8. The predicted octanol–water partition coefficient (Wildman–Crippen LogP) is -0.768. The van der Waals surface area contributed by atoms with Crippen LogP contribution in [0.3, 0.4) is 0 Å². The largest absolute Gasteiger partial charge is 0.467 e. The molecule has 0 unspecified atom stereocenters. The molecule has 1 aliphatic rings. The van der Waals surface area contributed by atoms with Gasteiger partial charge in [-0.25, -0.2) is 9.59 Å². The Morgan fingerprint density at radius 2 is 1.35 bits per heavy atom. The lowest BCUT2D eigenvalue weighted by Crippen LogP contribution is -2.59. The van der Waals surface area contributed by atoms with Gasteiger partial charge in [-0.05, 0) is 51.9 Å². The first kappa shape index (κ1) is 49.4. The van der Waals surface area contributed by atoms with Crippen molar-refractivity contribution in [2.75, 3.05) is 33.5 Å². The van der Waals surface area contributed by atoms with Crippen LogP contribution in [0.25, 0.3) is 0 Å². The van der Waals surface area contributed by atoms with Crippen LogP contribution in [0.15, 0.2) is 0 Å². The number of carbonyl (C=O) groups is 6. The molecule has 0 bridgehead atoms. The Kier molecular flexibility index (Phi) is 21.1. The van der Waals surface area contributed by atoms with E-state index in [1.807, 2.05) is 13.8 Å². The van der Waals surface area contributed by atoms with E-state index in [-0.39, 0.29) is 50.5 Å². The number of nitrogens with one attached hydrogen (secondary N) is 5. The molecule has 0 aliphatic carbocycles. The Hall–Kier alpha value is -3.62. The third-order valence-corrected chi connectivity index (χ3v) is 8.26. The SMILES string of the molecule is COC(=O)[C@H](CC(C)C)NC(=O)[C@@H](NC(=O)CCOC[C@H]1O[C@@H](OCCNC(=O)[C@@H](NC(=O)[C@H](C)NC(=O)OC(C)(C)C)C(C)C)[C@H](O)[C@@H](O)[C@@H]1O)C(C)C. The summed E-state index contributed by atoms with van der Waals surface area (Å²) in [7, 11) is 1.23. The molecule has 5 amide bonds. The number of esters is 1. The first-order chi connectivity index (χ1) is 25.5. The molecular weight excluding hydrogens is 726 g/mol. The molecule has 0 saturated carbocycles. The minimum atomic E-state index is -1.67. The molecule has 1 heterocycles. The minimum Gasteiger partial charge on any atom is -0.467 e. The lowest BCUT2D eigenvalue weighted by Gasteiger charge is -2.40. The van der Waals surface area contributed by atoms with Gasteiger partial charge < -0.3 is 65.6 Å². The molecular formula is C36H65N5O14. The number of carbonyl (C=O) groups excluding carboxylic acids is 6. The Balaban J connectivity index is 2.63. The minimum absolute atomic E-state index is 0.0817. The highest BCUT2D eigenvalue weighted by Gasteiger charge is 2.44. The van der Waals surface area contributed by atoms with Crippen LogP contribution in [-0.2, 0) is 47.7 Å². The summed E-state index contributed by atoms with van der Waals surface area (Å²) in [6.07, 6.45) is -8.06. The van der Waals surface area contributed by atoms with E-state index in [4.69, 9.17) is 23.7 Å². The molecule has 1 rings (SSSR count). The van der Waals surface area contributed by atoms with Crippen molar-refractivity contribution in [1.29, 1.82) is 0 Å². The van der Waals surface area contributed by atoms with E-state index in [2.05, 4.69) is 26.6 Å². The van der Waals surface area contributed by atoms with Gasteiger partial charge in [0.15, 0.2) is 6.29 Å². The van der Waals surface area contributed by atoms with Crippen LogP contribution in [0.2, 0.25) is 0 Å². The topological polar surface area (TPSA) is 269 Å². The number of methoxy groups -OCH3 is 1. The summed E-state index contributed by atoms with van der Waals surface area (Å²) in [6, 6.07) is -3.77. The van der Waals surface area contributed by atoms with Crippen LogP contribution in [0.1, 0.15) is 82.1 Å². The molecule has 19 nitrogen and oxygen atoms in total. The van der Waals surface area contributed by atoms with Gasteiger partial charge in [0.25, 0.3) is 0 Å². The summed E-state index contributed by atoms with van der Waals surface area (Å²) >= 11 is 0. The normalized spacial score (nSPS) is 22.2. The number of aliphatic hydroxyl groups is 3. The fraction of sp³-hybridized carbons (Fsp3) is 0.833. The average molecular weight is 792 g/mol. The number of ether oxygens (including phenoxy) is 5. The summed E-state index contributed by atoms with van der Waals surface area (Å²) < 4.78 is 26.7. The third kappa shape index (κ3) is 17.8. The number of alkyl carbamates (subject to hydrolysis) is 1. The van der Waals surface area contributed by atoms with E-state index < -0.39 is 96.2 Å². The number of amides is 5. The Bertz CT molecular complexity index is 1260. The second kappa shape index (κ2) is 23.4. The van der Waals surface area contributed by atoms with Crippen molar-refractivity contribution in [2.45, 2.75) is 143 Å². The second-order valence-corrected chi connectivity index (χ2v) is 15.6. The zero-order chi connectivity index (χ0) is 42.2. The van der Waals surface area contributed by atoms with Crippen LogP contribution in [0.5, 0.6) is 0 Å². The van der Waals surface area contributed by atoms with Crippen molar-refractivity contribution in [3.8, 4) is 0 Å². The zero-order valence-electron chi connectivity index (χ0n) is 34.0. The summed E-state index contributed by atoms with van der Waals surface area (Å²) in [5, 5.41) is 44.3. The molecule has 19 heteroatoms. The zero-order valence-corrected chi connectivity index (χ0v) is 34.0. The third-order valence-electron chi connectivity index (χ3n) is 8.26. The van der Waals surface area contributed by atoms with Gasteiger partial charge in [0.1, 0.15) is 54.2 Å². The molecule has 9 atom stereocenters. The highest BCUT2D eigenvalue weighted by molar-refractivity contribution is 5.92. The molecule has 1 fully saturated rings. The van der Waals surface area contributed by atoms with Crippen molar-refractivity contribution in [3.05, 3.63) is 0 Å². The second-order valence-electron chi connectivity index (χ2n) is 15.6. The highest BCUT2D eigenvalue weighted by Crippen LogP contribution is 2.22. The van der Waals surface area contributed by atoms with Gasteiger partial charge in [-0.1, -0.05) is 41.5 Å². The smallest absolute Gasteiger partial charge is 0.408 e. The van der Waals surface area contributed by atoms with Crippen molar-refractivity contribution >= 4 is 35.7 Å². The monoisotopic (exact) mass is 791 g/mol. The van der Waals surface area contributed by atoms with Gasteiger partial charge in [0.05, 0.1) is 26.9 Å². The van der Waals surface area contributed by atoms with Crippen LogP contribution in [-0.4, -0.2) is 145 Å². The van der Waals surface area contributed by atoms with E-state index in [0.29, 0.717) is 6.42 Å². The molecule has 0 aromatic rings. The quantitative estimate of drug-likeness (QED) is 0.0525. The van der Waals surface area contributed by atoms with E-state index >= 15 is 0 Å². The van der Waals surface area contributed by atoms with Gasteiger partial charge in [-0.3, -0.25) is 19.2 Å². The summed E-state index contributed by atoms with van der Waals surface area (Å²) in [4.78, 5) is 75.5. The van der Waals surface area contributed by atoms with Crippen molar-refractivity contribution in [1.82, 2.24) is 26.6 Å². The van der Waals surface area contributed by atoms with Crippen LogP contribution in [0, 0.1) is 17.8 Å². The number of hydrogen-bond acceptors (Lipinski definition) is 14. The van der Waals surface area contributed by atoms with Gasteiger partial charge in [-0.15, -0.1) is 0 Å². The van der Waals surface area contributed by atoms with Crippen molar-refractivity contribution in [2.24, 2.45) is 17.8 Å². The Labute approximate surface area is 323 Å². The fourth-order valence-electron chi connectivity index (χ4n) is 5.25.